The fourth-order valence-electron chi connectivity index (χ4n) is 4.39. The molecule has 0 bridgehead atoms. The lowest BCUT2D eigenvalue weighted by molar-refractivity contribution is -0.140. The Labute approximate surface area is 216 Å². The van der Waals surface area contributed by atoms with Crippen LogP contribution in [0, 0.1) is 6.92 Å². The van der Waals surface area contributed by atoms with E-state index in [9.17, 15) is 14.7 Å². The molecule has 0 aromatic heterocycles. The van der Waals surface area contributed by atoms with Crippen molar-refractivity contribution in [2.24, 2.45) is 0 Å². The predicted octanol–water partition coefficient (Wildman–Crippen LogP) is 5.04. The smallest absolute Gasteiger partial charge is 0.295 e. The summed E-state index contributed by atoms with van der Waals surface area (Å²) in [6.45, 7) is 5.33. The van der Waals surface area contributed by atoms with Crippen molar-refractivity contribution in [1.82, 2.24) is 4.90 Å². The first-order valence-corrected chi connectivity index (χ1v) is 12.2. The van der Waals surface area contributed by atoms with Crippen molar-refractivity contribution < 1.29 is 28.9 Å². The van der Waals surface area contributed by atoms with Crippen molar-refractivity contribution in [1.29, 1.82) is 0 Å². The number of rotatable bonds is 10. The van der Waals surface area contributed by atoms with E-state index in [1.54, 1.807) is 48.5 Å². The summed E-state index contributed by atoms with van der Waals surface area (Å²) in [5, 5.41) is 11.2. The van der Waals surface area contributed by atoms with Crippen LogP contribution in [-0.4, -0.2) is 48.6 Å². The van der Waals surface area contributed by atoms with E-state index < -0.39 is 17.7 Å². The number of Topliss-reactive ketones (excluding diaryl/α,β-unsaturated/α-hetero) is 1. The van der Waals surface area contributed by atoms with Gasteiger partial charge < -0.3 is 24.2 Å². The van der Waals surface area contributed by atoms with Gasteiger partial charge in [0.25, 0.3) is 11.7 Å². The zero-order chi connectivity index (χ0) is 26.4. The SMILES string of the molecule is CCOc1ccc([C@@H]2C(=C(O)c3ccc(OCc4cccc(C)c4)cc3)C(=O)C(=O)N2CCOC)cc1. The summed E-state index contributed by atoms with van der Waals surface area (Å²) in [5.41, 5.74) is 3.37. The molecule has 0 radical (unpaired) electrons. The molecule has 0 spiro atoms. The highest BCUT2D eigenvalue weighted by Crippen LogP contribution is 2.39. The van der Waals surface area contributed by atoms with Gasteiger partial charge in [0.15, 0.2) is 0 Å². The van der Waals surface area contributed by atoms with Crippen LogP contribution in [0.5, 0.6) is 11.5 Å². The summed E-state index contributed by atoms with van der Waals surface area (Å²) in [5.74, 6) is -0.326. The topological polar surface area (TPSA) is 85.3 Å². The van der Waals surface area contributed by atoms with E-state index in [4.69, 9.17) is 14.2 Å². The molecular weight excluding hydrogens is 470 g/mol. The Balaban J connectivity index is 1.63. The highest BCUT2D eigenvalue weighted by Gasteiger charge is 2.45. The number of nitrogens with zero attached hydrogens (tertiary/aromatic N) is 1. The fraction of sp³-hybridized carbons (Fsp3) is 0.267. The molecule has 37 heavy (non-hydrogen) atoms. The maximum Gasteiger partial charge on any atom is 0.295 e. The molecule has 3 aromatic carbocycles. The third-order valence-corrected chi connectivity index (χ3v) is 6.20. The molecule has 7 heteroatoms. The molecule has 1 aliphatic rings. The number of hydrogen-bond acceptors (Lipinski definition) is 6. The second-order valence-electron chi connectivity index (χ2n) is 8.79. The Morgan fingerprint density at radius 1 is 0.946 bits per heavy atom. The van der Waals surface area contributed by atoms with Gasteiger partial charge in [-0.05, 0) is 61.4 Å². The molecule has 0 unspecified atom stereocenters. The lowest BCUT2D eigenvalue weighted by Gasteiger charge is -2.25. The van der Waals surface area contributed by atoms with Crippen LogP contribution in [-0.2, 0) is 20.9 Å². The number of aryl methyl sites for hydroxylation is 1. The average molecular weight is 502 g/mol. The average Bonchev–Trinajstić information content (AvgIpc) is 3.16. The van der Waals surface area contributed by atoms with Crippen LogP contribution in [0.2, 0.25) is 0 Å². The van der Waals surface area contributed by atoms with Crippen LogP contribution in [0.4, 0.5) is 0 Å². The second kappa shape index (κ2) is 11.8. The van der Waals surface area contributed by atoms with E-state index in [0.29, 0.717) is 35.8 Å². The van der Waals surface area contributed by atoms with E-state index >= 15 is 0 Å². The number of ether oxygens (including phenoxy) is 3. The molecule has 1 amide bonds. The number of carbonyl (C=O) groups is 2. The van der Waals surface area contributed by atoms with Crippen molar-refractivity contribution in [2.75, 3.05) is 26.9 Å². The number of methoxy groups -OCH3 is 1. The molecule has 0 aliphatic carbocycles. The fourth-order valence-corrected chi connectivity index (χ4v) is 4.39. The first kappa shape index (κ1) is 26.0. The zero-order valence-corrected chi connectivity index (χ0v) is 21.3. The largest absolute Gasteiger partial charge is 0.507 e. The summed E-state index contributed by atoms with van der Waals surface area (Å²) < 4.78 is 16.6. The molecule has 1 atom stereocenters. The van der Waals surface area contributed by atoms with E-state index in [1.807, 2.05) is 32.0 Å². The molecular formula is C30H31NO6. The monoisotopic (exact) mass is 501 g/mol. The van der Waals surface area contributed by atoms with Gasteiger partial charge in [-0.2, -0.15) is 0 Å². The maximum absolute atomic E-state index is 13.1. The summed E-state index contributed by atoms with van der Waals surface area (Å²) in [6.07, 6.45) is 0. The number of carbonyl (C=O) groups excluding carboxylic acids is 2. The van der Waals surface area contributed by atoms with Gasteiger partial charge in [0.2, 0.25) is 0 Å². The second-order valence-corrected chi connectivity index (χ2v) is 8.79. The van der Waals surface area contributed by atoms with Gasteiger partial charge in [-0.3, -0.25) is 9.59 Å². The minimum atomic E-state index is -0.747. The lowest BCUT2D eigenvalue weighted by atomic mass is 9.95. The van der Waals surface area contributed by atoms with Crippen LogP contribution < -0.4 is 9.47 Å². The number of benzene rings is 3. The van der Waals surface area contributed by atoms with Gasteiger partial charge in [0.1, 0.15) is 23.9 Å². The molecule has 1 aliphatic heterocycles. The van der Waals surface area contributed by atoms with E-state index in [2.05, 4.69) is 6.07 Å². The first-order chi connectivity index (χ1) is 17.9. The number of aliphatic hydroxyl groups excluding tert-OH is 1. The molecule has 3 aromatic rings. The van der Waals surface area contributed by atoms with Crippen molar-refractivity contribution >= 4 is 17.4 Å². The first-order valence-electron chi connectivity index (χ1n) is 12.2. The Hall–Kier alpha value is -4.10. The summed E-state index contributed by atoms with van der Waals surface area (Å²) in [6, 6.07) is 21.3. The maximum atomic E-state index is 13.1. The predicted molar refractivity (Wildman–Crippen MR) is 140 cm³/mol. The minimum Gasteiger partial charge on any atom is -0.507 e. The number of hydrogen-bond donors (Lipinski definition) is 1. The highest BCUT2D eigenvalue weighted by atomic mass is 16.5. The normalized spacial score (nSPS) is 16.7. The van der Waals surface area contributed by atoms with Gasteiger partial charge in [0, 0.05) is 19.2 Å². The molecule has 0 saturated carbocycles. The standard InChI is InChI=1S/C30H31NO6/c1-4-36-24-12-8-22(9-13-24)27-26(29(33)30(34)31(27)16-17-35-3)28(32)23-10-14-25(15-11-23)37-19-21-7-5-6-20(2)18-21/h5-15,18,27,32H,4,16-17,19H2,1-3H3/t27-/m1/s1. The molecule has 7 nitrogen and oxygen atoms in total. The van der Waals surface area contributed by atoms with Crippen LogP contribution in [0.1, 0.15) is 35.2 Å². The molecule has 1 saturated heterocycles. The summed E-state index contributed by atoms with van der Waals surface area (Å²) in [7, 11) is 1.53. The van der Waals surface area contributed by atoms with Gasteiger partial charge in [-0.15, -0.1) is 0 Å². The number of ketones is 1. The van der Waals surface area contributed by atoms with Gasteiger partial charge >= 0.3 is 0 Å². The highest BCUT2D eigenvalue weighted by molar-refractivity contribution is 6.46. The Bertz CT molecular complexity index is 1280. The molecule has 1 heterocycles. The van der Waals surface area contributed by atoms with Crippen molar-refractivity contribution in [3.05, 3.63) is 101 Å². The van der Waals surface area contributed by atoms with Crippen LogP contribution in [0.15, 0.2) is 78.4 Å². The zero-order valence-electron chi connectivity index (χ0n) is 21.3. The van der Waals surface area contributed by atoms with Crippen LogP contribution in [0.3, 0.4) is 0 Å². The van der Waals surface area contributed by atoms with Crippen LogP contribution >= 0.6 is 0 Å². The minimum absolute atomic E-state index is 0.0405. The molecule has 192 valence electrons. The quantitative estimate of drug-likeness (QED) is 0.238. The molecule has 1 fully saturated rings. The third kappa shape index (κ3) is 5.84. The van der Waals surface area contributed by atoms with Crippen LogP contribution in [0.25, 0.3) is 5.76 Å². The Kier molecular flexibility index (Phi) is 8.25. The third-order valence-electron chi connectivity index (χ3n) is 6.20. The van der Waals surface area contributed by atoms with Crippen molar-refractivity contribution in [3.8, 4) is 11.5 Å². The summed E-state index contributed by atoms with van der Waals surface area (Å²) >= 11 is 0. The van der Waals surface area contributed by atoms with E-state index in [0.717, 1.165) is 11.1 Å². The van der Waals surface area contributed by atoms with Gasteiger partial charge in [-0.1, -0.05) is 42.0 Å². The lowest BCUT2D eigenvalue weighted by Crippen LogP contribution is -2.32. The molecule has 1 N–H and O–H groups in total. The Morgan fingerprint density at radius 3 is 2.27 bits per heavy atom. The van der Waals surface area contributed by atoms with Gasteiger partial charge in [-0.25, -0.2) is 0 Å². The molecule has 4 rings (SSSR count). The number of amides is 1. The Morgan fingerprint density at radius 2 is 1.62 bits per heavy atom. The van der Waals surface area contributed by atoms with E-state index in [-0.39, 0.29) is 24.5 Å². The number of likely N-dealkylation sites (tertiary alicyclic amines) is 1. The van der Waals surface area contributed by atoms with Crippen molar-refractivity contribution in [3.63, 3.8) is 0 Å². The van der Waals surface area contributed by atoms with E-state index in [1.165, 1.54) is 12.0 Å². The summed E-state index contributed by atoms with van der Waals surface area (Å²) in [4.78, 5) is 27.5. The van der Waals surface area contributed by atoms with Crippen molar-refractivity contribution in [2.45, 2.75) is 26.5 Å². The number of aliphatic hydroxyl groups is 1. The van der Waals surface area contributed by atoms with Gasteiger partial charge in [0.05, 0.1) is 24.8 Å².